The number of carbonyl (C=O) groups is 2. The van der Waals surface area contributed by atoms with Crippen LogP contribution in [0.25, 0.3) is 0 Å². The Kier molecular flexibility index (Phi) is 4.33. The highest BCUT2D eigenvalue weighted by atomic mass is 19.4. The van der Waals surface area contributed by atoms with Gasteiger partial charge in [0.15, 0.2) is 0 Å². The molecule has 4 rings (SSSR count). The van der Waals surface area contributed by atoms with Crippen molar-refractivity contribution < 1.29 is 32.5 Å². The third-order valence-corrected chi connectivity index (χ3v) is 4.91. The number of nitrogens with zero attached hydrogens (tertiary/aromatic N) is 3. The van der Waals surface area contributed by atoms with Gasteiger partial charge in [-0.15, -0.1) is 0 Å². The van der Waals surface area contributed by atoms with Crippen molar-refractivity contribution in [3.05, 3.63) is 69.8 Å². The second kappa shape index (κ2) is 6.65. The number of alkyl halides is 3. The van der Waals surface area contributed by atoms with E-state index in [0.29, 0.717) is 16.2 Å². The highest BCUT2D eigenvalue weighted by Gasteiger charge is 2.58. The Balaban J connectivity index is 1.59. The summed E-state index contributed by atoms with van der Waals surface area (Å²) < 4.78 is 39.0. The van der Waals surface area contributed by atoms with Crippen LogP contribution in [-0.2, 0) is 20.6 Å². The van der Waals surface area contributed by atoms with Crippen LogP contribution in [0, 0.1) is 10.1 Å². The van der Waals surface area contributed by atoms with Crippen LogP contribution in [0.1, 0.15) is 24.0 Å². The summed E-state index contributed by atoms with van der Waals surface area (Å²) in [4.78, 5) is 41.6. The second-order valence-electron chi connectivity index (χ2n) is 6.86. The Morgan fingerprint density at radius 1 is 1.10 bits per heavy atom. The quantitative estimate of drug-likeness (QED) is 0.431. The van der Waals surface area contributed by atoms with Crippen molar-refractivity contribution in [1.29, 1.82) is 0 Å². The van der Waals surface area contributed by atoms with Crippen molar-refractivity contribution in [1.82, 2.24) is 0 Å². The number of imide groups is 1. The molecule has 2 aliphatic heterocycles. The molecule has 2 aliphatic rings. The van der Waals surface area contributed by atoms with Gasteiger partial charge >= 0.3 is 6.18 Å². The maximum Gasteiger partial charge on any atom is 0.416 e. The Morgan fingerprint density at radius 2 is 1.80 bits per heavy atom. The number of hydrogen-bond acceptors (Lipinski definition) is 6. The average Bonchev–Trinajstić information content (AvgIpc) is 3.22. The van der Waals surface area contributed by atoms with Crippen LogP contribution in [0.5, 0.6) is 0 Å². The van der Waals surface area contributed by atoms with E-state index in [9.17, 15) is 32.9 Å². The fraction of sp³-hybridized carbons (Fsp3) is 0.211. The van der Waals surface area contributed by atoms with E-state index in [4.69, 9.17) is 4.84 Å². The lowest BCUT2D eigenvalue weighted by atomic mass is 9.92. The van der Waals surface area contributed by atoms with E-state index < -0.39 is 34.1 Å². The molecular weight excluding hydrogens is 407 g/mol. The Labute approximate surface area is 166 Å². The molecule has 0 aromatic heterocycles. The van der Waals surface area contributed by atoms with Gasteiger partial charge in [-0.2, -0.15) is 13.2 Å². The van der Waals surface area contributed by atoms with Crippen molar-refractivity contribution in [2.75, 3.05) is 4.90 Å². The van der Waals surface area contributed by atoms with Crippen LogP contribution in [0.15, 0.2) is 53.7 Å². The molecule has 11 heteroatoms. The van der Waals surface area contributed by atoms with Crippen molar-refractivity contribution >= 4 is 28.9 Å². The first-order valence-corrected chi connectivity index (χ1v) is 8.65. The number of nitro groups is 1. The highest BCUT2D eigenvalue weighted by Crippen LogP contribution is 2.40. The van der Waals surface area contributed by atoms with Crippen molar-refractivity contribution in [3.63, 3.8) is 0 Å². The van der Waals surface area contributed by atoms with Gasteiger partial charge in [0.05, 0.1) is 28.3 Å². The van der Waals surface area contributed by atoms with Crippen molar-refractivity contribution in [2.24, 2.45) is 5.16 Å². The zero-order valence-electron chi connectivity index (χ0n) is 15.0. The molecule has 0 N–H and O–H groups in total. The Bertz CT molecular complexity index is 1100. The SMILES string of the molecule is O=C1C[C@]2(CC(c3ccc([N+](=O)[O-])cc3)=NO2)C(=O)N1c1cccc(C(F)(F)F)c1. The third-order valence-electron chi connectivity index (χ3n) is 4.91. The fourth-order valence-electron chi connectivity index (χ4n) is 3.42. The molecule has 2 amide bonds. The lowest BCUT2D eigenvalue weighted by Gasteiger charge is -2.20. The number of nitro benzene ring substituents is 1. The van der Waals surface area contributed by atoms with Gasteiger partial charge < -0.3 is 4.84 Å². The number of hydrogen-bond donors (Lipinski definition) is 0. The number of amides is 2. The Morgan fingerprint density at radius 3 is 2.43 bits per heavy atom. The highest BCUT2D eigenvalue weighted by molar-refractivity contribution is 6.25. The van der Waals surface area contributed by atoms with Crippen LogP contribution in [-0.4, -0.2) is 28.1 Å². The van der Waals surface area contributed by atoms with E-state index >= 15 is 0 Å². The molecule has 0 bridgehead atoms. The van der Waals surface area contributed by atoms with Gasteiger partial charge in [0, 0.05) is 18.6 Å². The second-order valence-corrected chi connectivity index (χ2v) is 6.86. The summed E-state index contributed by atoms with van der Waals surface area (Å²) in [6.07, 6.45) is -5.11. The summed E-state index contributed by atoms with van der Waals surface area (Å²) in [6, 6.07) is 9.30. The van der Waals surface area contributed by atoms with Gasteiger partial charge in [-0.3, -0.25) is 19.7 Å². The predicted octanol–water partition coefficient (Wildman–Crippen LogP) is 3.44. The van der Waals surface area contributed by atoms with E-state index in [1.165, 1.54) is 30.3 Å². The summed E-state index contributed by atoms with van der Waals surface area (Å²) in [5, 5.41) is 14.6. The molecule has 1 saturated heterocycles. The van der Waals surface area contributed by atoms with E-state index in [1.54, 1.807) is 0 Å². The van der Waals surface area contributed by atoms with E-state index in [-0.39, 0.29) is 24.2 Å². The summed E-state index contributed by atoms with van der Waals surface area (Å²) >= 11 is 0. The van der Waals surface area contributed by atoms with Crippen LogP contribution < -0.4 is 4.90 Å². The monoisotopic (exact) mass is 419 g/mol. The zero-order valence-corrected chi connectivity index (χ0v) is 15.0. The van der Waals surface area contributed by atoms with Crippen LogP contribution >= 0.6 is 0 Å². The average molecular weight is 419 g/mol. The zero-order chi connectivity index (χ0) is 21.7. The summed E-state index contributed by atoms with van der Waals surface area (Å²) in [5.74, 6) is -1.52. The molecule has 8 nitrogen and oxygen atoms in total. The first-order chi connectivity index (χ1) is 14.1. The minimum Gasteiger partial charge on any atom is -0.378 e. The minimum atomic E-state index is -4.63. The predicted molar refractivity (Wildman–Crippen MR) is 96.6 cm³/mol. The Hall–Kier alpha value is -3.76. The number of rotatable bonds is 3. The van der Waals surface area contributed by atoms with Gasteiger partial charge in [-0.25, -0.2) is 4.90 Å². The molecule has 0 aliphatic carbocycles. The van der Waals surface area contributed by atoms with E-state index in [0.717, 1.165) is 18.2 Å². The number of oxime groups is 1. The largest absolute Gasteiger partial charge is 0.416 e. The number of halogens is 3. The van der Waals surface area contributed by atoms with E-state index in [2.05, 4.69) is 5.16 Å². The molecule has 1 spiro atoms. The molecule has 2 aromatic carbocycles. The van der Waals surface area contributed by atoms with Crippen LogP contribution in [0.2, 0.25) is 0 Å². The van der Waals surface area contributed by atoms with Crippen molar-refractivity contribution in [3.8, 4) is 0 Å². The molecular formula is C19H12F3N3O5. The number of benzene rings is 2. The van der Waals surface area contributed by atoms with Gasteiger partial charge in [-0.1, -0.05) is 11.2 Å². The summed E-state index contributed by atoms with van der Waals surface area (Å²) in [6.45, 7) is 0. The molecule has 0 unspecified atom stereocenters. The molecule has 1 fully saturated rings. The minimum absolute atomic E-state index is 0.0924. The molecule has 1 atom stereocenters. The lowest BCUT2D eigenvalue weighted by molar-refractivity contribution is -0.384. The fourth-order valence-corrected chi connectivity index (χ4v) is 3.42. The number of non-ortho nitro benzene ring substituents is 1. The molecule has 154 valence electrons. The van der Waals surface area contributed by atoms with E-state index in [1.807, 2.05) is 0 Å². The van der Waals surface area contributed by atoms with Crippen LogP contribution in [0.3, 0.4) is 0 Å². The molecule has 0 radical (unpaired) electrons. The van der Waals surface area contributed by atoms with Crippen molar-refractivity contribution in [2.45, 2.75) is 24.6 Å². The normalized spacial score (nSPS) is 21.2. The van der Waals surface area contributed by atoms with Gasteiger partial charge in [0.1, 0.15) is 0 Å². The first-order valence-electron chi connectivity index (χ1n) is 8.65. The summed E-state index contributed by atoms with van der Waals surface area (Å²) in [7, 11) is 0. The maximum atomic E-state index is 13.0. The molecule has 0 saturated carbocycles. The lowest BCUT2D eigenvalue weighted by Crippen LogP contribution is -2.40. The summed E-state index contributed by atoms with van der Waals surface area (Å²) in [5.41, 5.74) is -2.20. The molecule has 2 aromatic rings. The topological polar surface area (TPSA) is 102 Å². The first kappa shape index (κ1) is 19.6. The van der Waals surface area contributed by atoms with Gasteiger partial charge in [0.25, 0.3) is 11.6 Å². The smallest absolute Gasteiger partial charge is 0.378 e. The molecule has 30 heavy (non-hydrogen) atoms. The third kappa shape index (κ3) is 3.17. The number of anilines is 1. The van der Waals surface area contributed by atoms with Crippen LogP contribution in [0.4, 0.5) is 24.5 Å². The van der Waals surface area contributed by atoms with Gasteiger partial charge in [-0.05, 0) is 35.9 Å². The molecule has 2 heterocycles. The van der Waals surface area contributed by atoms with Gasteiger partial charge in [0.2, 0.25) is 11.5 Å². The standard InChI is InChI=1S/C19H12F3N3O5/c20-19(21,22)12-2-1-3-14(8-12)24-16(26)10-18(17(24)27)9-15(23-30-18)11-4-6-13(7-5-11)25(28)29/h1-8H,9-10H2/t18-/m1/s1. The number of carbonyl (C=O) groups excluding carboxylic acids is 2. The maximum absolute atomic E-state index is 13.0.